The Bertz CT molecular complexity index is 2950. The van der Waals surface area contributed by atoms with Crippen LogP contribution >= 0.6 is 11.3 Å². The van der Waals surface area contributed by atoms with Gasteiger partial charge in [0, 0.05) is 60.5 Å². The second kappa shape index (κ2) is 10.2. The highest BCUT2D eigenvalue weighted by atomic mass is 32.1. The molecule has 6 aromatic carbocycles. The van der Waals surface area contributed by atoms with Gasteiger partial charge in [0.15, 0.2) is 5.82 Å². The Hall–Kier alpha value is -6.10. The minimum absolute atomic E-state index is 0.752. The number of thiophene rings is 1. The van der Waals surface area contributed by atoms with E-state index in [2.05, 4.69) is 156 Å². The van der Waals surface area contributed by atoms with Gasteiger partial charge in [-0.25, -0.2) is 9.97 Å². The molecule has 3 nitrogen and oxygen atoms in total. The quantitative estimate of drug-likeness (QED) is 0.192. The molecular formula is C45H27N3S. The second-order valence-electron chi connectivity index (χ2n) is 12.9. The van der Waals surface area contributed by atoms with Gasteiger partial charge >= 0.3 is 0 Å². The second-order valence-corrected chi connectivity index (χ2v) is 13.9. The van der Waals surface area contributed by atoms with Crippen molar-refractivity contribution in [1.29, 1.82) is 0 Å². The van der Waals surface area contributed by atoms with Gasteiger partial charge in [0.25, 0.3) is 0 Å². The Labute approximate surface area is 286 Å². The van der Waals surface area contributed by atoms with E-state index in [4.69, 9.17) is 9.97 Å². The van der Waals surface area contributed by atoms with Crippen molar-refractivity contribution < 1.29 is 0 Å². The van der Waals surface area contributed by atoms with E-state index >= 15 is 0 Å². The largest absolute Gasteiger partial charge is 0.299 e. The van der Waals surface area contributed by atoms with Crippen LogP contribution in [0.1, 0.15) is 11.1 Å². The van der Waals surface area contributed by atoms with Crippen molar-refractivity contribution in [3.8, 4) is 45.0 Å². The minimum Gasteiger partial charge on any atom is -0.299 e. The summed E-state index contributed by atoms with van der Waals surface area (Å²) in [5, 5.41) is 6.29. The fourth-order valence-electron chi connectivity index (χ4n) is 8.08. The zero-order chi connectivity index (χ0) is 32.1. The number of hydrogen-bond donors (Lipinski definition) is 0. The minimum atomic E-state index is 0.752. The van der Waals surface area contributed by atoms with E-state index in [0.717, 1.165) is 34.8 Å². The Morgan fingerprint density at radius 2 is 1.22 bits per heavy atom. The fourth-order valence-corrected chi connectivity index (χ4v) is 9.32. The molecule has 0 aliphatic heterocycles. The predicted octanol–water partition coefficient (Wildman–Crippen LogP) is 12.0. The van der Waals surface area contributed by atoms with Crippen LogP contribution in [0.3, 0.4) is 0 Å². The molecule has 4 heterocycles. The third-order valence-electron chi connectivity index (χ3n) is 10.2. The molecule has 0 saturated carbocycles. The number of pyridine rings is 1. The molecule has 10 aromatic rings. The third-order valence-corrected chi connectivity index (χ3v) is 11.4. The number of benzene rings is 6. The molecule has 0 amide bonds. The molecule has 4 heteroatoms. The molecular weight excluding hydrogens is 615 g/mol. The number of nitrogens with zero attached hydrogens (tertiary/aromatic N) is 3. The first-order valence-electron chi connectivity index (χ1n) is 16.7. The van der Waals surface area contributed by atoms with Crippen LogP contribution in [-0.2, 0) is 6.42 Å². The number of fused-ring (bicyclic) bond motifs is 13. The van der Waals surface area contributed by atoms with Crippen LogP contribution in [0.25, 0.3) is 92.5 Å². The lowest BCUT2D eigenvalue weighted by Gasteiger charge is -2.13. The van der Waals surface area contributed by atoms with Crippen LogP contribution in [0.2, 0.25) is 0 Å². The monoisotopic (exact) mass is 641 g/mol. The van der Waals surface area contributed by atoms with E-state index in [1.165, 1.54) is 75.3 Å². The summed E-state index contributed by atoms with van der Waals surface area (Å²) in [5.74, 6) is 0.752. The number of rotatable bonds is 3. The lowest BCUT2D eigenvalue weighted by molar-refractivity contribution is 1.13. The summed E-state index contributed by atoms with van der Waals surface area (Å²) in [5.41, 5.74) is 12.8. The van der Waals surface area contributed by atoms with E-state index in [1.807, 2.05) is 11.3 Å². The molecule has 0 atom stereocenters. The van der Waals surface area contributed by atoms with Crippen molar-refractivity contribution in [2.75, 3.05) is 0 Å². The molecule has 4 aromatic heterocycles. The zero-order valence-electron chi connectivity index (χ0n) is 26.4. The van der Waals surface area contributed by atoms with Crippen molar-refractivity contribution in [2.24, 2.45) is 0 Å². The summed E-state index contributed by atoms with van der Waals surface area (Å²) < 4.78 is 3.81. The average Bonchev–Trinajstić information content (AvgIpc) is 3.85. The molecule has 228 valence electrons. The standard InChI is InChI=1S/C45H27N3S/c1-3-13-27(14-4-1)39-33-19-9-11-21-37(33)48-43(39)35-26-30(23-24-32(35)40-34-20-10-12-22-38(34)49-45(40)48)44-46-41(28-15-5-2-6-16-28)36-25-29-17-7-8-18-31(29)42(36)47-44/h1-24,26H,25H2. The van der Waals surface area contributed by atoms with E-state index in [-0.39, 0.29) is 0 Å². The van der Waals surface area contributed by atoms with Crippen LogP contribution in [0, 0.1) is 0 Å². The van der Waals surface area contributed by atoms with Gasteiger partial charge in [0.2, 0.25) is 0 Å². The van der Waals surface area contributed by atoms with Gasteiger partial charge in [-0.2, -0.15) is 0 Å². The highest BCUT2D eigenvalue weighted by Gasteiger charge is 2.27. The van der Waals surface area contributed by atoms with Crippen LogP contribution in [0.5, 0.6) is 0 Å². The van der Waals surface area contributed by atoms with Gasteiger partial charge in [-0.15, -0.1) is 11.3 Å². The topological polar surface area (TPSA) is 30.2 Å². The van der Waals surface area contributed by atoms with E-state index in [0.29, 0.717) is 0 Å². The smallest absolute Gasteiger partial charge is 0.160 e. The SMILES string of the molecule is c1ccc(-c2nc(-c3ccc4c(c3)c3c(-c5ccccc5)c5ccccc5n3c3sc5ccccc5c43)nc3c2Cc2ccccc2-3)cc1. The highest BCUT2D eigenvalue weighted by Crippen LogP contribution is 2.47. The molecule has 0 unspecified atom stereocenters. The van der Waals surface area contributed by atoms with Crippen molar-refractivity contribution >= 4 is 58.8 Å². The summed E-state index contributed by atoms with van der Waals surface area (Å²) >= 11 is 1.87. The lowest BCUT2D eigenvalue weighted by atomic mass is 9.97. The predicted molar refractivity (Wildman–Crippen MR) is 205 cm³/mol. The molecule has 0 N–H and O–H groups in total. The molecule has 0 bridgehead atoms. The third kappa shape index (κ3) is 3.83. The van der Waals surface area contributed by atoms with E-state index in [9.17, 15) is 0 Å². The Kier molecular flexibility index (Phi) is 5.60. The summed E-state index contributed by atoms with van der Waals surface area (Å²) in [6.45, 7) is 0. The molecule has 0 saturated heterocycles. The normalized spacial score (nSPS) is 12.4. The molecule has 0 radical (unpaired) electrons. The van der Waals surface area contributed by atoms with Crippen LogP contribution in [0.4, 0.5) is 0 Å². The molecule has 0 fully saturated rings. The summed E-state index contributed by atoms with van der Waals surface area (Å²) in [4.78, 5) is 12.0. The number of aromatic nitrogens is 3. The first-order chi connectivity index (χ1) is 24.3. The Morgan fingerprint density at radius 1 is 0.531 bits per heavy atom. The maximum absolute atomic E-state index is 5.36. The summed E-state index contributed by atoms with van der Waals surface area (Å²) in [6.07, 6.45) is 0.842. The van der Waals surface area contributed by atoms with Gasteiger partial charge in [-0.05, 0) is 34.7 Å². The Balaban J connectivity index is 1.29. The maximum Gasteiger partial charge on any atom is 0.160 e. The molecule has 11 rings (SSSR count). The molecule has 1 aliphatic carbocycles. The average molecular weight is 642 g/mol. The van der Waals surface area contributed by atoms with Crippen LogP contribution in [-0.4, -0.2) is 14.4 Å². The highest BCUT2D eigenvalue weighted by molar-refractivity contribution is 7.25. The van der Waals surface area contributed by atoms with Crippen LogP contribution < -0.4 is 0 Å². The fraction of sp³-hybridized carbons (Fsp3) is 0.0222. The molecule has 1 aliphatic rings. The Morgan fingerprint density at radius 3 is 2.08 bits per heavy atom. The molecule has 49 heavy (non-hydrogen) atoms. The van der Waals surface area contributed by atoms with Crippen molar-refractivity contribution in [2.45, 2.75) is 6.42 Å². The molecule has 0 spiro atoms. The van der Waals surface area contributed by atoms with Crippen LogP contribution in [0.15, 0.2) is 152 Å². The first kappa shape index (κ1) is 26.9. The van der Waals surface area contributed by atoms with Gasteiger partial charge in [-0.1, -0.05) is 133 Å². The maximum atomic E-state index is 5.36. The van der Waals surface area contributed by atoms with Gasteiger partial charge in [-0.3, -0.25) is 4.40 Å². The first-order valence-corrected chi connectivity index (χ1v) is 17.5. The van der Waals surface area contributed by atoms with Gasteiger partial charge in [0.05, 0.1) is 22.4 Å². The van der Waals surface area contributed by atoms with E-state index in [1.54, 1.807) is 0 Å². The zero-order valence-corrected chi connectivity index (χ0v) is 27.2. The number of para-hydroxylation sites is 1. The van der Waals surface area contributed by atoms with Crippen molar-refractivity contribution in [1.82, 2.24) is 14.4 Å². The number of hydrogen-bond acceptors (Lipinski definition) is 3. The van der Waals surface area contributed by atoms with Gasteiger partial charge < -0.3 is 0 Å². The van der Waals surface area contributed by atoms with Gasteiger partial charge in [0.1, 0.15) is 4.83 Å². The summed E-state index contributed by atoms with van der Waals surface area (Å²) in [7, 11) is 0. The lowest BCUT2D eigenvalue weighted by Crippen LogP contribution is -1.99. The van der Waals surface area contributed by atoms with E-state index < -0.39 is 0 Å². The summed E-state index contributed by atoms with van der Waals surface area (Å²) in [6, 6.07) is 54.6. The van der Waals surface area contributed by atoms with Crippen molar-refractivity contribution in [3.05, 3.63) is 163 Å². The van der Waals surface area contributed by atoms with Crippen molar-refractivity contribution in [3.63, 3.8) is 0 Å².